The zero-order valence-electron chi connectivity index (χ0n) is 17.2. The molecule has 0 spiro atoms. The number of hydrogen-bond acceptors (Lipinski definition) is 3. The fourth-order valence-electron chi connectivity index (χ4n) is 4.39. The number of likely N-dealkylation sites (tertiary alicyclic amines) is 1. The van der Waals surface area contributed by atoms with Crippen molar-refractivity contribution < 1.29 is 26.4 Å². The molecule has 1 amide bonds. The van der Waals surface area contributed by atoms with Crippen molar-refractivity contribution in [3.63, 3.8) is 0 Å². The normalized spacial score (nSPS) is 20.2. The Labute approximate surface area is 189 Å². The van der Waals surface area contributed by atoms with Crippen LogP contribution >= 0.6 is 11.6 Å². The fraction of sp³-hybridized carbons (Fsp3) is 0.476. The molecule has 2 aliphatic heterocycles. The molecule has 1 aromatic carbocycles. The minimum Gasteiger partial charge on any atom is -0.349 e. The van der Waals surface area contributed by atoms with E-state index in [0.717, 1.165) is 25.3 Å². The monoisotopic (exact) mass is 489 g/mol. The molecule has 1 aromatic heterocycles. The van der Waals surface area contributed by atoms with E-state index in [0.29, 0.717) is 37.5 Å². The lowest BCUT2D eigenvalue weighted by Gasteiger charge is -2.37. The molecule has 1 saturated heterocycles. The second kappa shape index (κ2) is 8.72. The topological polar surface area (TPSA) is 62.6 Å². The minimum absolute atomic E-state index is 0.0402. The summed E-state index contributed by atoms with van der Waals surface area (Å²) < 4.78 is 69.1. The summed E-state index contributed by atoms with van der Waals surface area (Å²) in [6.45, 7) is 1.74. The van der Waals surface area contributed by atoms with Crippen molar-refractivity contribution in [2.24, 2.45) is 0 Å². The Morgan fingerprint density at radius 3 is 2.44 bits per heavy atom. The van der Waals surface area contributed by atoms with Crippen molar-refractivity contribution in [1.29, 1.82) is 0 Å². The summed E-state index contributed by atoms with van der Waals surface area (Å²) in [5.41, 5.74) is -0.348. The smallest absolute Gasteiger partial charge is 0.349 e. The first-order valence-corrected chi connectivity index (χ1v) is 12.2. The van der Waals surface area contributed by atoms with Gasteiger partial charge in [0.05, 0.1) is 16.6 Å². The highest BCUT2D eigenvalue weighted by Crippen LogP contribution is 2.38. The Bertz CT molecular complexity index is 1110. The molecule has 4 rings (SSSR count). The zero-order valence-corrected chi connectivity index (χ0v) is 18.8. The molecule has 1 unspecified atom stereocenters. The standard InChI is InChI=1S/C21H23ClF3N3O3S/c22-16-13-15(21(23,24)25)6-7-19(16)32(30,31)28-12-11-26-10-4-5-17(26)18(28)14-20(29)27-8-2-1-3-9-27/h4-7,10,13,18H,1-3,8-9,11-12,14H2. The highest BCUT2D eigenvalue weighted by Gasteiger charge is 2.40. The van der Waals surface area contributed by atoms with Crippen LogP contribution in [0.5, 0.6) is 0 Å². The molecule has 2 aromatic rings. The van der Waals surface area contributed by atoms with E-state index in [1.54, 1.807) is 17.0 Å². The van der Waals surface area contributed by atoms with E-state index in [2.05, 4.69) is 0 Å². The van der Waals surface area contributed by atoms with Crippen LogP contribution in [-0.4, -0.2) is 47.7 Å². The van der Waals surface area contributed by atoms with Gasteiger partial charge in [-0.15, -0.1) is 0 Å². The summed E-state index contributed by atoms with van der Waals surface area (Å²) in [4.78, 5) is 14.3. The number of aromatic nitrogens is 1. The quantitative estimate of drug-likeness (QED) is 0.643. The SMILES string of the molecule is O=C(CC1c2cccn2CCN1S(=O)(=O)c1ccc(C(F)(F)F)cc1Cl)N1CCCCC1. The van der Waals surface area contributed by atoms with E-state index in [4.69, 9.17) is 11.6 Å². The molecule has 3 heterocycles. The van der Waals surface area contributed by atoms with Crippen LogP contribution in [0.1, 0.15) is 43.0 Å². The number of carbonyl (C=O) groups excluding carboxylic acids is 1. The lowest BCUT2D eigenvalue weighted by molar-refractivity contribution is -0.137. The largest absolute Gasteiger partial charge is 0.416 e. The van der Waals surface area contributed by atoms with Crippen LogP contribution in [-0.2, 0) is 27.5 Å². The van der Waals surface area contributed by atoms with Crippen molar-refractivity contribution in [3.05, 3.63) is 52.8 Å². The van der Waals surface area contributed by atoms with Crippen molar-refractivity contribution >= 4 is 27.5 Å². The number of sulfonamides is 1. The van der Waals surface area contributed by atoms with Gasteiger partial charge in [-0.3, -0.25) is 4.79 Å². The third-order valence-electron chi connectivity index (χ3n) is 6.04. The summed E-state index contributed by atoms with van der Waals surface area (Å²) in [5.74, 6) is -0.136. The van der Waals surface area contributed by atoms with Gasteiger partial charge < -0.3 is 9.47 Å². The van der Waals surface area contributed by atoms with E-state index < -0.39 is 37.7 Å². The van der Waals surface area contributed by atoms with E-state index >= 15 is 0 Å². The Balaban J connectivity index is 1.68. The molecule has 6 nitrogen and oxygen atoms in total. The number of alkyl halides is 3. The molecule has 2 aliphatic rings. The first kappa shape index (κ1) is 23.1. The number of carbonyl (C=O) groups is 1. The number of rotatable bonds is 4. The molecular formula is C21H23ClF3N3O3S. The second-order valence-corrected chi connectivity index (χ2v) is 10.3. The van der Waals surface area contributed by atoms with E-state index in [1.807, 2.05) is 10.8 Å². The number of hydrogen-bond donors (Lipinski definition) is 0. The van der Waals surface area contributed by atoms with Crippen LogP contribution in [0.15, 0.2) is 41.4 Å². The summed E-state index contributed by atoms with van der Waals surface area (Å²) in [5, 5.41) is -0.498. The summed E-state index contributed by atoms with van der Waals surface area (Å²) in [6, 6.07) is 5.00. The van der Waals surface area contributed by atoms with Crippen LogP contribution in [0.2, 0.25) is 5.02 Å². The molecule has 11 heteroatoms. The van der Waals surface area contributed by atoms with E-state index in [-0.39, 0.29) is 18.9 Å². The molecular weight excluding hydrogens is 467 g/mol. The van der Waals surface area contributed by atoms with Gasteiger partial charge in [-0.25, -0.2) is 8.42 Å². The van der Waals surface area contributed by atoms with Crippen molar-refractivity contribution in [3.8, 4) is 0 Å². The number of nitrogens with zero attached hydrogens (tertiary/aromatic N) is 3. The molecule has 174 valence electrons. The van der Waals surface area contributed by atoms with Crippen LogP contribution in [0.3, 0.4) is 0 Å². The van der Waals surface area contributed by atoms with Gasteiger partial charge in [0.15, 0.2) is 0 Å². The molecule has 0 N–H and O–H groups in total. The summed E-state index contributed by atoms with van der Waals surface area (Å²) in [6.07, 6.45) is 0.0282. The minimum atomic E-state index is -4.64. The molecule has 32 heavy (non-hydrogen) atoms. The van der Waals surface area contributed by atoms with Gasteiger partial charge >= 0.3 is 6.18 Å². The van der Waals surface area contributed by atoms with Gasteiger partial charge in [-0.1, -0.05) is 11.6 Å². The Kier molecular flexibility index (Phi) is 6.30. The Morgan fingerprint density at radius 2 is 1.78 bits per heavy atom. The maximum atomic E-state index is 13.5. The predicted molar refractivity (Wildman–Crippen MR) is 113 cm³/mol. The Morgan fingerprint density at radius 1 is 1.06 bits per heavy atom. The highest BCUT2D eigenvalue weighted by molar-refractivity contribution is 7.89. The average molecular weight is 490 g/mol. The van der Waals surface area contributed by atoms with Crippen LogP contribution in [0.4, 0.5) is 13.2 Å². The highest BCUT2D eigenvalue weighted by atomic mass is 35.5. The van der Waals surface area contributed by atoms with Gasteiger partial charge in [0.1, 0.15) is 4.90 Å². The average Bonchev–Trinajstić information content (AvgIpc) is 3.23. The van der Waals surface area contributed by atoms with E-state index in [1.165, 1.54) is 4.31 Å². The van der Waals surface area contributed by atoms with Gasteiger partial charge in [0.2, 0.25) is 15.9 Å². The number of fused-ring (bicyclic) bond motifs is 1. The molecule has 0 radical (unpaired) electrons. The maximum Gasteiger partial charge on any atom is 0.416 e. The lowest BCUT2D eigenvalue weighted by atomic mass is 10.1. The second-order valence-electron chi connectivity index (χ2n) is 8.05. The fourth-order valence-corrected chi connectivity index (χ4v) is 6.50. The number of amides is 1. The van der Waals surface area contributed by atoms with Crippen LogP contribution in [0.25, 0.3) is 0 Å². The van der Waals surface area contributed by atoms with Crippen molar-refractivity contribution in [2.45, 2.75) is 49.3 Å². The number of piperidine rings is 1. The molecule has 0 saturated carbocycles. The predicted octanol–water partition coefficient (Wildman–Crippen LogP) is 4.31. The molecule has 1 fully saturated rings. The van der Waals surface area contributed by atoms with Crippen LogP contribution in [0, 0.1) is 0 Å². The summed E-state index contributed by atoms with van der Waals surface area (Å²) in [7, 11) is -4.25. The van der Waals surface area contributed by atoms with Gasteiger partial charge in [-0.2, -0.15) is 17.5 Å². The number of benzene rings is 1. The third-order valence-corrected chi connectivity index (χ3v) is 8.43. The maximum absolute atomic E-state index is 13.5. The third kappa shape index (κ3) is 4.40. The molecule has 1 atom stereocenters. The lowest BCUT2D eigenvalue weighted by Crippen LogP contribution is -2.45. The van der Waals surface area contributed by atoms with Crippen molar-refractivity contribution in [1.82, 2.24) is 13.8 Å². The number of halogens is 4. The first-order chi connectivity index (χ1) is 15.1. The van der Waals surface area contributed by atoms with E-state index in [9.17, 15) is 26.4 Å². The van der Waals surface area contributed by atoms with Gasteiger partial charge in [-0.05, 0) is 49.6 Å². The first-order valence-electron chi connectivity index (χ1n) is 10.4. The van der Waals surface area contributed by atoms with Crippen molar-refractivity contribution in [2.75, 3.05) is 19.6 Å². The zero-order chi connectivity index (χ0) is 23.1. The summed E-state index contributed by atoms with van der Waals surface area (Å²) >= 11 is 6.01. The molecule has 0 bridgehead atoms. The van der Waals surface area contributed by atoms with Gasteiger partial charge in [0.25, 0.3) is 0 Å². The van der Waals surface area contributed by atoms with Crippen LogP contribution < -0.4 is 0 Å². The molecule has 0 aliphatic carbocycles. The van der Waals surface area contributed by atoms with Gasteiger partial charge in [0, 0.05) is 44.5 Å². The Hall–Kier alpha value is -2.04.